The summed E-state index contributed by atoms with van der Waals surface area (Å²) in [5, 5.41) is 3.54. The smallest absolute Gasteiger partial charge is 0.338 e. The van der Waals surface area contributed by atoms with Crippen molar-refractivity contribution in [1.29, 1.82) is 0 Å². The number of esters is 1. The number of thioether (sulfide) groups is 1. The van der Waals surface area contributed by atoms with Crippen LogP contribution in [0.1, 0.15) is 43.9 Å². The van der Waals surface area contributed by atoms with E-state index in [9.17, 15) is 14.4 Å². The number of carbonyl (C=O) groups excluding carboxylic acids is 3. The zero-order chi connectivity index (χ0) is 28.2. The van der Waals surface area contributed by atoms with Gasteiger partial charge in [0.25, 0.3) is 5.91 Å². The van der Waals surface area contributed by atoms with E-state index >= 15 is 0 Å². The third-order valence-electron chi connectivity index (χ3n) is 6.91. The maximum Gasteiger partial charge on any atom is 0.338 e. The van der Waals surface area contributed by atoms with Crippen molar-refractivity contribution >= 4 is 40.9 Å². The Labute approximate surface area is 237 Å². The van der Waals surface area contributed by atoms with E-state index in [4.69, 9.17) is 14.5 Å². The van der Waals surface area contributed by atoms with Crippen LogP contribution in [-0.2, 0) is 14.3 Å². The number of methoxy groups -OCH3 is 1. The molecule has 2 heterocycles. The second-order valence-electron chi connectivity index (χ2n) is 9.51. The maximum absolute atomic E-state index is 13.4. The van der Waals surface area contributed by atoms with Crippen molar-refractivity contribution in [1.82, 2.24) is 15.1 Å². The molecule has 0 spiro atoms. The Balaban J connectivity index is 1.49. The van der Waals surface area contributed by atoms with Gasteiger partial charge in [-0.15, -0.1) is 0 Å². The fraction of sp³-hybridized carbons (Fsp3) is 0.333. The van der Waals surface area contributed by atoms with Crippen molar-refractivity contribution in [3.63, 3.8) is 0 Å². The lowest BCUT2D eigenvalue weighted by Gasteiger charge is -2.36. The first-order chi connectivity index (χ1) is 19.4. The highest BCUT2D eigenvalue weighted by Crippen LogP contribution is 2.38. The molecular formula is C30H32N4O5S. The van der Waals surface area contributed by atoms with Crippen LogP contribution in [0, 0.1) is 0 Å². The Morgan fingerprint density at radius 1 is 1.10 bits per heavy atom. The van der Waals surface area contributed by atoms with Crippen molar-refractivity contribution in [3.8, 4) is 5.75 Å². The molecule has 1 saturated carbocycles. The predicted molar refractivity (Wildman–Crippen MR) is 154 cm³/mol. The minimum Gasteiger partial charge on any atom is -0.497 e. The lowest BCUT2D eigenvalue weighted by atomic mass is 9.95. The van der Waals surface area contributed by atoms with Gasteiger partial charge in [-0.1, -0.05) is 54.2 Å². The van der Waals surface area contributed by atoms with E-state index in [1.54, 1.807) is 29.9 Å². The predicted octanol–water partition coefficient (Wildman–Crippen LogP) is 4.73. The average molecular weight is 561 g/mol. The van der Waals surface area contributed by atoms with E-state index in [1.807, 2.05) is 61.5 Å². The number of benzene rings is 2. The fourth-order valence-corrected chi connectivity index (χ4v) is 5.91. The molecule has 0 aromatic heterocycles. The molecule has 3 amide bonds. The number of hydrogen-bond donors (Lipinski definition) is 1. The average Bonchev–Trinajstić information content (AvgIpc) is 3.76. The van der Waals surface area contributed by atoms with Crippen molar-refractivity contribution in [3.05, 3.63) is 82.7 Å². The van der Waals surface area contributed by atoms with E-state index in [0.29, 0.717) is 28.7 Å². The number of urea groups is 1. The number of amides is 3. The molecule has 1 fully saturated rings. The van der Waals surface area contributed by atoms with Gasteiger partial charge in [0.1, 0.15) is 11.4 Å². The molecule has 0 radical (unpaired) electrons. The van der Waals surface area contributed by atoms with Gasteiger partial charge < -0.3 is 14.8 Å². The third-order valence-corrected chi connectivity index (χ3v) is 7.88. The summed E-state index contributed by atoms with van der Waals surface area (Å²) < 4.78 is 10.7. The quantitative estimate of drug-likeness (QED) is 0.352. The highest BCUT2D eigenvalue weighted by molar-refractivity contribution is 8.14. The Hall–Kier alpha value is -4.05. The summed E-state index contributed by atoms with van der Waals surface area (Å²) in [5.74, 6) is 0.380. The van der Waals surface area contributed by atoms with Gasteiger partial charge in [0, 0.05) is 24.0 Å². The van der Waals surface area contributed by atoms with E-state index in [1.165, 1.54) is 11.8 Å². The van der Waals surface area contributed by atoms with Gasteiger partial charge in [-0.2, -0.15) is 0 Å². The zero-order valence-electron chi connectivity index (χ0n) is 22.8. The molecule has 1 atom stereocenters. The normalized spacial score (nSPS) is 20.1. The molecule has 40 heavy (non-hydrogen) atoms. The monoisotopic (exact) mass is 560 g/mol. The van der Waals surface area contributed by atoms with Crippen molar-refractivity contribution in [2.45, 2.75) is 38.8 Å². The fourth-order valence-electron chi connectivity index (χ4n) is 4.79. The van der Waals surface area contributed by atoms with Gasteiger partial charge >= 0.3 is 12.0 Å². The molecule has 1 unspecified atom stereocenters. The first kappa shape index (κ1) is 27.5. The highest BCUT2D eigenvalue weighted by atomic mass is 32.2. The summed E-state index contributed by atoms with van der Waals surface area (Å²) in [6.45, 7) is 4.19. The van der Waals surface area contributed by atoms with Crippen molar-refractivity contribution in [2.24, 2.45) is 4.99 Å². The number of ether oxygens (including phenoxy) is 2. The van der Waals surface area contributed by atoms with Crippen molar-refractivity contribution < 1.29 is 23.9 Å². The van der Waals surface area contributed by atoms with E-state index < -0.39 is 12.0 Å². The molecule has 3 aliphatic rings. The molecule has 10 heteroatoms. The van der Waals surface area contributed by atoms with Crippen LogP contribution in [0.3, 0.4) is 0 Å². The van der Waals surface area contributed by atoms with Crippen molar-refractivity contribution in [2.75, 3.05) is 26.0 Å². The Kier molecular flexibility index (Phi) is 8.25. The SMILES string of the molecule is CCOC(=O)C1=C(CSC2=N/C(=C/c3ccc(OC)cc3)C(=O)N2C2CC2)N(CC)C(=O)NC1c1ccccc1. The number of aliphatic imine (C=N–C) groups is 1. The third kappa shape index (κ3) is 5.62. The number of rotatable bonds is 9. The summed E-state index contributed by atoms with van der Waals surface area (Å²) in [6, 6.07) is 16.0. The van der Waals surface area contributed by atoms with Crippen LogP contribution in [0.25, 0.3) is 6.08 Å². The molecule has 5 rings (SSSR count). The van der Waals surface area contributed by atoms with Gasteiger partial charge in [0.05, 0.1) is 25.3 Å². The zero-order valence-corrected chi connectivity index (χ0v) is 23.6. The molecule has 9 nitrogen and oxygen atoms in total. The molecular weight excluding hydrogens is 528 g/mol. The number of amidine groups is 1. The Morgan fingerprint density at radius 2 is 1.82 bits per heavy atom. The summed E-state index contributed by atoms with van der Waals surface area (Å²) >= 11 is 1.36. The largest absolute Gasteiger partial charge is 0.497 e. The number of nitrogens with one attached hydrogen (secondary N) is 1. The molecule has 2 aromatic rings. The van der Waals surface area contributed by atoms with Crippen LogP contribution in [0.15, 0.2) is 76.6 Å². The second kappa shape index (κ2) is 12.0. The number of carbonyl (C=O) groups is 3. The highest BCUT2D eigenvalue weighted by Gasteiger charge is 2.43. The molecule has 1 aliphatic carbocycles. The minimum absolute atomic E-state index is 0.105. The maximum atomic E-state index is 13.4. The van der Waals surface area contributed by atoms with Gasteiger partial charge in [-0.25, -0.2) is 14.6 Å². The minimum atomic E-state index is -0.650. The Bertz CT molecular complexity index is 1380. The van der Waals surface area contributed by atoms with E-state index in [-0.39, 0.29) is 30.3 Å². The Morgan fingerprint density at radius 3 is 2.45 bits per heavy atom. The standard InChI is InChI=1S/C30H32N4O5S/c1-4-33-24(25(28(36)39-5-2)26(32-29(33)37)20-9-7-6-8-10-20)18-40-30-31-23(27(35)34(30)21-13-14-21)17-19-11-15-22(38-3)16-12-19/h6-12,15-17,21,26H,4-5,13-14,18H2,1-3H3,(H,32,37)/b23-17+. The molecule has 1 N–H and O–H groups in total. The first-order valence-electron chi connectivity index (χ1n) is 13.4. The second-order valence-corrected chi connectivity index (χ2v) is 10.5. The summed E-state index contributed by atoms with van der Waals surface area (Å²) in [5.41, 5.74) is 2.93. The van der Waals surface area contributed by atoms with Crippen LogP contribution in [-0.4, -0.2) is 64.9 Å². The van der Waals surface area contributed by atoms with E-state index in [2.05, 4.69) is 5.32 Å². The van der Waals surface area contributed by atoms with Gasteiger partial charge in [0.15, 0.2) is 5.17 Å². The summed E-state index contributed by atoms with van der Waals surface area (Å²) in [6.07, 6.45) is 3.60. The topological polar surface area (TPSA) is 101 Å². The molecule has 0 saturated heterocycles. The summed E-state index contributed by atoms with van der Waals surface area (Å²) in [7, 11) is 1.61. The number of hydrogen-bond acceptors (Lipinski definition) is 7. The van der Waals surface area contributed by atoms with Crippen LogP contribution in [0.5, 0.6) is 5.75 Å². The van der Waals surface area contributed by atoms with Gasteiger partial charge in [-0.05, 0) is 56.0 Å². The first-order valence-corrected chi connectivity index (χ1v) is 14.4. The molecule has 2 aromatic carbocycles. The van der Waals surface area contributed by atoms with Crippen LogP contribution >= 0.6 is 11.8 Å². The summed E-state index contributed by atoms with van der Waals surface area (Å²) in [4.78, 5) is 47.9. The molecule has 208 valence electrons. The van der Waals surface area contributed by atoms with Crippen LogP contribution < -0.4 is 10.1 Å². The molecule has 0 bridgehead atoms. The lowest BCUT2D eigenvalue weighted by Crippen LogP contribution is -2.49. The van der Waals surface area contributed by atoms with Crippen LogP contribution in [0.2, 0.25) is 0 Å². The van der Waals surface area contributed by atoms with Crippen LogP contribution in [0.4, 0.5) is 4.79 Å². The molecule has 2 aliphatic heterocycles. The number of nitrogens with zero attached hydrogens (tertiary/aromatic N) is 3. The van der Waals surface area contributed by atoms with E-state index in [0.717, 1.165) is 29.7 Å². The lowest BCUT2D eigenvalue weighted by molar-refractivity contribution is -0.139. The van der Waals surface area contributed by atoms with Gasteiger partial charge in [0.2, 0.25) is 0 Å². The van der Waals surface area contributed by atoms with Gasteiger partial charge in [-0.3, -0.25) is 14.6 Å².